The number of para-hydroxylation sites is 1. The number of aromatic nitrogens is 5. The standard InChI is InChI=1S/C25H29N7O/c1-15-10-16(2)32(31-15)14-24(33)28-21(11-18-13-27-20-7-5-4-6-19(18)20)22-12-23(26-3)30-25(29-22)17-8-9-17/h4-7,10,12-13,17,21,27H,8-9,11,14H2,1-3H3,(H,28,33)(H,26,29,30)/t21-/m1/s1. The third-order valence-electron chi connectivity index (χ3n) is 6.15. The van der Waals surface area contributed by atoms with Gasteiger partial charge in [0.2, 0.25) is 5.91 Å². The number of rotatable bonds is 8. The summed E-state index contributed by atoms with van der Waals surface area (Å²) in [5.74, 6) is 1.95. The molecule has 1 amide bonds. The van der Waals surface area contributed by atoms with E-state index in [2.05, 4.69) is 37.8 Å². The molecule has 1 saturated carbocycles. The predicted molar refractivity (Wildman–Crippen MR) is 128 cm³/mol. The maximum absolute atomic E-state index is 13.1. The average molecular weight is 444 g/mol. The summed E-state index contributed by atoms with van der Waals surface area (Å²) in [4.78, 5) is 26.0. The molecule has 1 aliphatic rings. The molecule has 3 heterocycles. The minimum Gasteiger partial charge on any atom is -0.373 e. The lowest BCUT2D eigenvalue weighted by molar-refractivity contribution is -0.122. The van der Waals surface area contributed by atoms with Crippen molar-refractivity contribution < 1.29 is 4.79 Å². The van der Waals surface area contributed by atoms with Crippen molar-refractivity contribution in [2.24, 2.45) is 0 Å². The molecule has 0 bridgehead atoms. The first-order valence-electron chi connectivity index (χ1n) is 11.4. The molecule has 0 aliphatic heterocycles. The van der Waals surface area contributed by atoms with Crippen LogP contribution in [-0.2, 0) is 17.8 Å². The van der Waals surface area contributed by atoms with Crippen LogP contribution in [0.2, 0.25) is 0 Å². The van der Waals surface area contributed by atoms with Crippen LogP contribution in [0.3, 0.4) is 0 Å². The van der Waals surface area contributed by atoms with Crippen molar-refractivity contribution in [1.29, 1.82) is 0 Å². The van der Waals surface area contributed by atoms with Gasteiger partial charge in [-0.1, -0.05) is 18.2 Å². The van der Waals surface area contributed by atoms with Crippen molar-refractivity contribution in [1.82, 2.24) is 30.0 Å². The van der Waals surface area contributed by atoms with Crippen molar-refractivity contribution in [3.8, 4) is 0 Å². The fourth-order valence-corrected chi connectivity index (χ4v) is 4.28. The lowest BCUT2D eigenvalue weighted by Crippen LogP contribution is -2.34. The first kappa shape index (κ1) is 21.2. The second-order valence-electron chi connectivity index (χ2n) is 8.83. The van der Waals surface area contributed by atoms with Crippen LogP contribution in [0, 0.1) is 13.8 Å². The zero-order chi connectivity index (χ0) is 22.9. The number of carbonyl (C=O) groups excluding carboxylic acids is 1. The van der Waals surface area contributed by atoms with Gasteiger partial charge in [-0.2, -0.15) is 5.10 Å². The van der Waals surface area contributed by atoms with E-state index in [4.69, 9.17) is 4.98 Å². The maximum atomic E-state index is 13.1. The molecule has 0 unspecified atom stereocenters. The fraction of sp³-hybridized carbons (Fsp3) is 0.360. The molecule has 3 N–H and O–H groups in total. The molecule has 0 saturated heterocycles. The van der Waals surface area contributed by atoms with Gasteiger partial charge in [0.05, 0.1) is 17.4 Å². The molecule has 1 aliphatic carbocycles. The molecule has 3 aromatic heterocycles. The summed E-state index contributed by atoms with van der Waals surface area (Å²) in [5, 5.41) is 12.0. The quantitative estimate of drug-likeness (QED) is 0.385. The summed E-state index contributed by atoms with van der Waals surface area (Å²) in [5.41, 5.74) is 4.91. The zero-order valence-corrected chi connectivity index (χ0v) is 19.2. The minimum atomic E-state index is -0.290. The van der Waals surface area contributed by atoms with Gasteiger partial charge in [-0.15, -0.1) is 0 Å². The van der Waals surface area contributed by atoms with Crippen LogP contribution in [0.15, 0.2) is 42.6 Å². The Morgan fingerprint density at radius 1 is 1.21 bits per heavy atom. The molecule has 1 fully saturated rings. The van der Waals surface area contributed by atoms with Crippen molar-refractivity contribution in [3.63, 3.8) is 0 Å². The molecule has 1 aromatic carbocycles. The van der Waals surface area contributed by atoms with Crippen LogP contribution in [0.1, 0.15) is 53.3 Å². The van der Waals surface area contributed by atoms with Crippen LogP contribution in [0.5, 0.6) is 0 Å². The zero-order valence-electron chi connectivity index (χ0n) is 19.2. The third-order valence-corrected chi connectivity index (χ3v) is 6.15. The van der Waals surface area contributed by atoms with Crippen LogP contribution < -0.4 is 10.6 Å². The number of nitrogens with zero attached hydrogens (tertiary/aromatic N) is 4. The molecule has 33 heavy (non-hydrogen) atoms. The van der Waals surface area contributed by atoms with Crippen LogP contribution in [0.25, 0.3) is 10.9 Å². The highest BCUT2D eigenvalue weighted by molar-refractivity contribution is 5.83. The Bertz CT molecular complexity index is 1300. The number of hydrogen-bond acceptors (Lipinski definition) is 5. The van der Waals surface area contributed by atoms with Gasteiger partial charge in [-0.05, 0) is 44.4 Å². The smallest absolute Gasteiger partial charge is 0.242 e. The van der Waals surface area contributed by atoms with E-state index in [1.54, 1.807) is 4.68 Å². The highest BCUT2D eigenvalue weighted by Gasteiger charge is 2.29. The number of amides is 1. The third kappa shape index (κ3) is 4.60. The number of nitrogens with one attached hydrogen (secondary N) is 3. The summed E-state index contributed by atoms with van der Waals surface area (Å²) in [7, 11) is 1.86. The number of benzene rings is 1. The molecule has 4 aromatic rings. The molecular formula is C25H29N7O. The molecule has 1 atom stereocenters. The van der Waals surface area contributed by atoms with E-state index in [0.717, 1.165) is 58.0 Å². The van der Waals surface area contributed by atoms with Crippen molar-refractivity contribution >= 4 is 22.6 Å². The van der Waals surface area contributed by atoms with E-state index < -0.39 is 0 Å². The number of aromatic amines is 1. The van der Waals surface area contributed by atoms with E-state index in [0.29, 0.717) is 12.3 Å². The number of H-pyrrole nitrogens is 1. The van der Waals surface area contributed by atoms with Gasteiger partial charge in [-0.25, -0.2) is 9.97 Å². The van der Waals surface area contributed by atoms with Gasteiger partial charge in [-0.3, -0.25) is 9.48 Å². The SMILES string of the molecule is CNc1cc([C@@H](Cc2c[nH]c3ccccc23)NC(=O)Cn2nc(C)cc2C)nc(C2CC2)n1. The molecule has 0 spiro atoms. The van der Waals surface area contributed by atoms with Crippen LogP contribution in [-0.4, -0.2) is 37.7 Å². The number of aryl methyl sites for hydroxylation is 2. The Morgan fingerprint density at radius 3 is 2.76 bits per heavy atom. The Balaban J connectivity index is 1.47. The number of hydrogen-bond donors (Lipinski definition) is 3. The van der Waals surface area contributed by atoms with E-state index in [-0.39, 0.29) is 18.5 Å². The Kier molecular flexibility index (Phi) is 5.58. The molecule has 5 rings (SSSR count). The van der Waals surface area contributed by atoms with E-state index in [1.807, 2.05) is 51.4 Å². The molecule has 0 radical (unpaired) electrons. The van der Waals surface area contributed by atoms with Crippen LogP contribution in [0.4, 0.5) is 5.82 Å². The topological polar surface area (TPSA) is 101 Å². The van der Waals surface area contributed by atoms with Gasteiger partial charge in [0.25, 0.3) is 0 Å². The predicted octanol–water partition coefficient (Wildman–Crippen LogP) is 3.79. The monoisotopic (exact) mass is 443 g/mol. The normalized spacial score (nSPS) is 14.4. The van der Waals surface area contributed by atoms with Gasteiger partial charge in [0, 0.05) is 48.2 Å². The Hall–Kier alpha value is -3.68. The summed E-state index contributed by atoms with van der Waals surface area (Å²) in [6.45, 7) is 4.06. The lowest BCUT2D eigenvalue weighted by Gasteiger charge is -2.20. The maximum Gasteiger partial charge on any atom is 0.242 e. The first-order valence-corrected chi connectivity index (χ1v) is 11.4. The summed E-state index contributed by atoms with van der Waals surface area (Å²) >= 11 is 0. The largest absolute Gasteiger partial charge is 0.373 e. The fourth-order valence-electron chi connectivity index (χ4n) is 4.28. The lowest BCUT2D eigenvalue weighted by atomic mass is 10.0. The number of carbonyl (C=O) groups is 1. The highest BCUT2D eigenvalue weighted by Crippen LogP contribution is 2.39. The van der Waals surface area contributed by atoms with Crippen LogP contribution >= 0.6 is 0 Å². The average Bonchev–Trinajstić information content (AvgIpc) is 3.52. The molecule has 8 heteroatoms. The number of fused-ring (bicyclic) bond motifs is 1. The van der Waals surface area contributed by atoms with E-state index in [1.165, 1.54) is 0 Å². The van der Waals surface area contributed by atoms with Crippen molar-refractivity contribution in [2.45, 2.75) is 51.6 Å². The van der Waals surface area contributed by atoms with E-state index >= 15 is 0 Å². The van der Waals surface area contributed by atoms with Gasteiger partial charge >= 0.3 is 0 Å². The van der Waals surface area contributed by atoms with Crippen molar-refractivity contribution in [2.75, 3.05) is 12.4 Å². The van der Waals surface area contributed by atoms with Gasteiger partial charge < -0.3 is 15.6 Å². The molecular weight excluding hydrogens is 414 g/mol. The Labute approximate surface area is 192 Å². The first-order chi connectivity index (χ1) is 16.0. The minimum absolute atomic E-state index is 0.0939. The van der Waals surface area contributed by atoms with E-state index in [9.17, 15) is 4.79 Å². The summed E-state index contributed by atoms with van der Waals surface area (Å²) in [6.07, 6.45) is 4.87. The van der Waals surface area contributed by atoms with Gasteiger partial charge in [0.1, 0.15) is 18.2 Å². The van der Waals surface area contributed by atoms with Gasteiger partial charge in [0.15, 0.2) is 0 Å². The second-order valence-corrected chi connectivity index (χ2v) is 8.83. The second kappa shape index (κ2) is 8.69. The summed E-state index contributed by atoms with van der Waals surface area (Å²) in [6, 6.07) is 11.8. The highest BCUT2D eigenvalue weighted by atomic mass is 16.2. The number of anilines is 1. The Morgan fingerprint density at radius 2 is 2.03 bits per heavy atom. The summed E-state index contributed by atoms with van der Waals surface area (Å²) < 4.78 is 1.74. The molecule has 170 valence electrons. The molecule has 8 nitrogen and oxygen atoms in total. The van der Waals surface area contributed by atoms with Crippen molar-refractivity contribution in [3.05, 3.63) is 71.1 Å².